The van der Waals surface area contributed by atoms with Crippen LogP contribution < -0.4 is 0 Å². The van der Waals surface area contributed by atoms with Gasteiger partial charge in [0.25, 0.3) is 0 Å². The van der Waals surface area contributed by atoms with Crippen molar-refractivity contribution < 1.29 is 19.1 Å². The van der Waals surface area contributed by atoms with E-state index in [0.29, 0.717) is 0 Å². The second-order valence-corrected chi connectivity index (χ2v) is 3.74. The monoisotopic (exact) mass is 226 g/mol. The fraction of sp³-hybridized carbons (Fsp3) is 0.500. The van der Waals surface area contributed by atoms with Gasteiger partial charge in [0.2, 0.25) is 0 Å². The highest BCUT2D eigenvalue weighted by molar-refractivity contribution is 5.77. The molecule has 0 aliphatic heterocycles. The molecule has 0 aliphatic carbocycles. The molecule has 0 saturated carbocycles. The van der Waals surface area contributed by atoms with Crippen molar-refractivity contribution in [1.82, 2.24) is 0 Å². The van der Waals surface area contributed by atoms with Crippen molar-refractivity contribution >= 4 is 11.9 Å². The topological polar surface area (TPSA) is 52.6 Å². The minimum absolute atomic E-state index is 0.0301. The van der Waals surface area contributed by atoms with Crippen LogP contribution in [0.1, 0.15) is 26.7 Å². The van der Waals surface area contributed by atoms with Crippen molar-refractivity contribution in [1.29, 1.82) is 0 Å². The van der Waals surface area contributed by atoms with Crippen molar-refractivity contribution in [3.63, 3.8) is 0 Å². The van der Waals surface area contributed by atoms with Crippen LogP contribution in [0, 0.1) is 0 Å². The van der Waals surface area contributed by atoms with Gasteiger partial charge in [-0.05, 0) is 25.0 Å². The fourth-order valence-electron chi connectivity index (χ4n) is 0.756. The molecular weight excluding hydrogens is 208 g/mol. The summed E-state index contributed by atoms with van der Waals surface area (Å²) in [5.74, 6) is -0.842. The summed E-state index contributed by atoms with van der Waals surface area (Å²) in [4.78, 5) is 22.2. The van der Waals surface area contributed by atoms with Crippen LogP contribution in [0.3, 0.4) is 0 Å². The summed E-state index contributed by atoms with van der Waals surface area (Å²) in [5, 5.41) is 0. The maximum absolute atomic E-state index is 11.1. The van der Waals surface area contributed by atoms with Crippen molar-refractivity contribution in [2.24, 2.45) is 0 Å². The van der Waals surface area contributed by atoms with Crippen LogP contribution in [0.25, 0.3) is 0 Å². The van der Waals surface area contributed by atoms with Gasteiger partial charge in [-0.2, -0.15) is 0 Å². The number of hydrogen-bond donors (Lipinski definition) is 0. The molecular formula is C12H18O4. The number of hydrogen-bond acceptors (Lipinski definition) is 4. The highest BCUT2D eigenvalue weighted by atomic mass is 16.5. The zero-order valence-electron chi connectivity index (χ0n) is 9.88. The van der Waals surface area contributed by atoms with Crippen molar-refractivity contribution in [3.8, 4) is 0 Å². The Kier molecular flexibility index (Phi) is 6.92. The molecule has 0 heterocycles. The van der Waals surface area contributed by atoms with Crippen LogP contribution in [-0.4, -0.2) is 25.2 Å². The van der Waals surface area contributed by atoms with E-state index in [4.69, 9.17) is 9.47 Å². The maximum Gasteiger partial charge on any atom is 0.306 e. The van der Waals surface area contributed by atoms with Gasteiger partial charge in [0.05, 0.1) is 12.8 Å². The van der Waals surface area contributed by atoms with E-state index in [-0.39, 0.29) is 26.1 Å². The number of esters is 2. The number of ether oxygens (including phenoxy) is 2. The molecule has 0 N–H and O–H groups in total. The van der Waals surface area contributed by atoms with E-state index in [2.05, 4.69) is 13.2 Å². The summed E-state index contributed by atoms with van der Waals surface area (Å²) in [5.41, 5.74) is 1.52. The molecule has 0 saturated heterocycles. The lowest BCUT2D eigenvalue weighted by atomic mass is 10.3. The number of carbonyl (C=O) groups excluding carboxylic acids is 2. The third kappa shape index (κ3) is 8.99. The number of carbonyl (C=O) groups is 2. The molecule has 0 atom stereocenters. The summed E-state index contributed by atoms with van der Waals surface area (Å²) < 4.78 is 9.63. The van der Waals surface area contributed by atoms with Gasteiger partial charge in [-0.25, -0.2) is 0 Å². The molecule has 0 radical (unpaired) electrons. The van der Waals surface area contributed by atoms with Crippen LogP contribution in [-0.2, 0) is 19.1 Å². The summed E-state index contributed by atoms with van der Waals surface area (Å²) in [6.07, 6.45) is 0.0601. The van der Waals surface area contributed by atoms with Crippen molar-refractivity contribution in [2.45, 2.75) is 26.7 Å². The molecule has 16 heavy (non-hydrogen) atoms. The van der Waals surface area contributed by atoms with Gasteiger partial charge in [-0.1, -0.05) is 13.2 Å². The Hall–Kier alpha value is -1.58. The Balaban J connectivity index is 3.63. The molecule has 0 aliphatic rings. The molecule has 4 nitrogen and oxygen atoms in total. The molecule has 0 spiro atoms. The Labute approximate surface area is 95.9 Å². The Bertz CT molecular complexity index is 261. The van der Waals surface area contributed by atoms with E-state index < -0.39 is 11.9 Å². The van der Waals surface area contributed by atoms with Gasteiger partial charge in [0.15, 0.2) is 0 Å². The average molecular weight is 226 g/mol. The van der Waals surface area contributed by atoms with Gasteiger partial charge >= 0.3 is 11.9 Å². The molecule has 0 rings (SSSR count). The Morgan fingerprint density at radius 3 is 1.44 bits per heavy atom. The minimum Gasteiger partial charge on any atom is -0.461 e. The summed E-state index contributed by atoms with van der Waals surface area (Å²) in [6, 6.07) is 0. The van der Waals surface area contributed by atoms with Crippen molar-refractivity contribution in [2.75, 3.05) is 13.2 Å². The first-order valence-corrected chi connectivity index (χ1v) is 5.02. The van der Waals surface area contributed by atoms with Gasteiger partial charge in [0, 0.05) is 0 Å². The molecule has 0 amide bonds. The van der Waals surface area contributed by atoms with E-state index in [1.165, 1.54) is 0 Å². The molecule has 0 fully saturated rings. The maximum atomic E-state index is 11.1. The highest BCUT2D eigenvalue weighted by Crippen LogP contribution is 1.99. The number of rotatable bonds is 7. The lowest BCUT2D eigenvalue weighted by Crippen LogP contribution is -2.11. The van der Waals surface area contributed by atoms with Gasteiger partial charge < -0.3 is 9.47 Å². The molecule has 90 valence electrons. The molecule has 0 bridgehead atoms. The van der Waals surface area contributed by atoms with Gasteiger partial charge in [0.1, 0.15) is 13.2 Å². The van der Waals surface area contributed by atoms with Gasteiger partial charge in [-0.3, -0.25) is 9.59 Å². The van der Waals surface area contributed by atoms with E-state index >= 15 is 0 Å². The predicted octanol–water partition coefficient (Wildman–Crippen LogP) is 2.01. The lowest BCUT2D eigenvalue weighted by Gasteiger charge is -2.05. The smallest absolute Gasteiger partial charge is 0.306 e. The summed E-state index contributed by atoms with van der Waals surface area (Å²) in [7, 11) is 0. The average Bonchev–Trinajstić information content (AvgIpc) is 2.20. The standard InChI is InChI=1S/C12H18O4/c1-9(2)7-15-11(13)5-6-12(14)16-8-10(3)4/h1,3,5-8H2,2,4H3. The summed E-state index contributed by atoms with van der Waals surface area (Å²) >= 11 is 0. The molecule has 0 unspecified atom stereocenters. The van der Waals surface area contributed by atoms with E-state index in [9.17, 15) is 9.59 Å². The lowest BCUT2D eigenvalue weighted by molar-refractivity contribution is -0.149. The third-order valence-electron chi connectivity index (χ3n) is 1.49. The molecule has 0 aromatic heterocycles. The normalized spacial score (nSPS) is 9.38. The van der Waals surface area contributed by atoms with Crippen LogP contribution in [0.4, 0.5) is 0 Å². The molecule has 0 aromatic rings. The quantitative estimate of drug-likeness (QED) is 0.492. The first-order valence-electron chi connectivity index (χ1n) is 5.02. The van der Waals surface area contributed by atoms with Crippen LogP contribution >= 0.6 is 0 Å². The largest absolute Gasteiger partial charge is 0.461 e. The fourth-order valence-corrected chi connectivity index (χ4v) is 0.756. The SMILES string of the molecule is C=C(C)COC(=O)CCC(=O)OCC(=C)C. The van der Waals surface area contributed by atoms with Crippen LogP contribution in [0.15, 0.2) is 24.3 Å². The summed E-state index contributed by atoms with van der Waals surface area (Å²) in [6.45, 7) is 11.1. The molecule has 0 aromatic carbocycles. The minimum atomic E-state index is -0.421. The highest BCUT2D eigenvalue weighted by Gasteiger charge is 2.08. The first-order chi connectivity index (χ1) is 7.41. The first kappa shape index (κ1) is 14.4. The predicted molar refractivity (Wildman–Crippen MR) is 60.8 cm³/mol. The zero-order valence-corrected chi connectivity index (χ0v) is 9.88. The van der Waals surface area contributed by atoms with Gasteiger partial charge in [-0.15, -0.1) is 0 Å². The third-order valence-corrected chi connectivity index (χ3v) is 1.49. The second-order valence-electron chi connectivity index (χ2n) is 3.74. The van der Waals surface area contributed by atoms with Crippen molar-refractivity contribution in [3.05, 3.63) is 24.3 Å². The zero-order chi connectivity index (χ0) is 12.6. The molecule has 4 heteroatoms. The van der Waals surface area contributed by atoms with Crippen LogP contribution in [0.2, 0.25) is 0 Å². The van der Waals surface area contributed by atoms with E-state index in [1.54, 1.807) is 13.8 Å². The van der Waals surface area contributed by atoms with E-state index in [1.807, 2.05) is 0 Å². The second kappa shape index (κ2) is 7.68. The van der Waals surface area contributed by atoms with Crippen LogP contribution in [0.5, 0.6) is 0 Å². The Morgan fingerprint density at radius 1 is 0.875 bits per heavy atom. The van der Waals surface area contributed by atoms with E-state index in [0.717, 1.165) is 11.1 Å². The Morgan fingerprint density at radius 2 is 1.19 bits per heavy atom.